The summed E-state index contributed by atoms with van der Waals surface area (Å²) in [5.74, 6) is 0.870. The maximum absolute atomic E-state index is 10.7. The van der Waals surface area contributed by atoms with Gasteiger partial charge in [-0.2, -0.15) is 0 Å². The molecule has 29 heavy (non-hydrogen) atoms. The number of nitro benzene ring substituents is 1. The second-order valence-electron chi connectivity index (χ2n) is 7.24. The van der Waals surface area contributed by atoms with Gasteiger partial charge in [0.15, 0.2) is 5.96 Å². The highest BCUT2D eigenvalue weighted by atomic mass is 32.1. The monoisotopic (exact) mass is 415 g/mol. The maximum atomic E-state index is 10.7. The summed E-state index contributed by atoms with van der Waals surface area (Å²) >= 11 is 1.80. The first-order valence-electron chi connectivity index (χ1n) is 10.1. The van der Waals surface area contributed by atoms with Crippen LogP contribution in [0.4, 0.5) is 10.7 Å². The van der Waals surface area contributed by atoms with Crippen LogP contribution < -0.4 is 15.5 Å². The Bertz CT molecular complexity index is 784. The van der Waals surface area contributed by atoms with Gasteiger partial charge in [-0.15, -0.1) is 11.3 Å². The van der Waals surface area contributed by atoms with Crippen molar-refractivity contribution < 1.29 is 4.92 Å². The highest BCUT2D eigenvalue weighted by molar-refractivity contribution is 7.14. The molecular formula is C21H29N5O2S. The van der Waals surface area contributed by atoms with Crippen molar-refractivity contribution in [3.05, 3.63) is 57.5 Å². The van der Waals surface area contributed by atoms with E-state index in [4.69, 9.17) is 0 Å². The van der Waals surface area contributed by atoms with Crippen LogP contribution in [-0.4, -0.2) is 43.6 Å². The van der Waals surface area contributed by atoms with E-state index >= 15 is 0 Å². The molecule has 0 atom stereocenters. The Balaban J connectivity index is 1.31. The smallest absolute Gasteiger partial charge is 0.269 e. The molecule has 1 aromatic carbocycles. The van der Waals surface area contributed by atoms with E-state index < -0.39 is 0 Å². The zero-order valence-corrected chi connectivity index (χ0v) is 17.7. The molecule has 1 aliphatic rings. The summed E-state index contributed by atoms with van der Waals surface area (Å²) in [6, 6.07) is 11.6. The lowest BCUT2D eigenvalue weighted by Crippen LogP contribution is -2.48. The molecule has 0 amide bonds. The van der Waals surface area contributed by atoms with Gasteiger partial charge >= 0.3 is 0 Å². The molecule has 1 fully saturated rings. The second kappa shape index (κ2) is 10.8. The average Bonchev–Trinajstić information content (AvgIpc) is 3.28. The Labute approximate surface area is 176 Å². The Morgan fingerprint density at radius 3 is 2.62 bits per heavy atom. The van der Waals surface area contributed by atoms with Crippen molar-refractivity contribution in [2.45, 2.75) is 38.1 Å². The third kappa shape index (κ3) is 6.45. The maximum Gasteiger partial charge on any atom is 0.269 e. The number of nitrogens with one attached hydrogen (secondary N) is 2. The number of aryl methyl sites for hydroxylation is 1. The molecule has 0 radical (unpaired) electrons. The number of thiophene rings is 1. The van der Waals surface area contributed by atoms with Crippen molar-refractivity contribution in [2.24, 2.45) is 4.99 Å². The number of guanidine groups is 1. The van der Waals surface area contributed by atoms with Gasteiger partial charge in [-0.3, -0.25) is 15.1 Å². The van der Waals surface area contributed by atoms with E-state index in [1.807, 2.05) is 19.2 Å². The van der Waals surface area contributed by atoms with Crippen LogP contribution in [0.15, 0.2) is 46.8 Å². The lowest BCUT2D eigenvalue weighted by molar-refractivity contribution is -0.384. The summed E-state index contributed by atoms with van der Waals surface area (Å²) in [7, 11) is 1.81. The number of unbranched alkanes of at least 4 members (excludes halogenated alkanes) is 1. The molecular weight excluding hydrogens is 386 g/mol. The number of piperidine rings is 1. The average molecular weight is 416 g/mol. The minimum absolute atomic E-state index is 0.145. The van der Waals surface area contributed by atoms with E-state index in [0.717, 1.165) is 63.3 Å². The Morgan fingerprint density at radius 2 is 2.00 bits per heavy atom. The molecule has 156 valence electrons. The second-order valence-corrected chi connectivity index (χ2v) is 8.16. The van der Waals surface area contributed by atoms with E-state index in [0.29, 0.717) is 6.04 Å². The minimum atomic E-state index is -0.363. The molecule has 0 aliphatic carbocycles. The number of anilines is 1. The molecule has 2 aromatic rings. The highest BCUT2D eigenvalue weighted by Crippen LogP contribution is 2.24. The van der Waals surface area contributed by atoms with E-state index in [9.17, 15) is 10.1 Å². The van der Waals surface area contributed by atoms with Crippen LogP contribution in [0, 0.1) is 10.1 Å². The zero-order chi connectivity index (χ0) is 20.5. The van der Waals surface area contributed by atoms with Gasteiger partial charge in [0.2, 0.25) is 0 Å². The molecule has 8 heteroatoms. The summed E-state index contributed by atoms with van der Waals surface area (Å²) < 4.78 is 0. The number of rotatable bonds is 8. The van der Waals surface area contributed by atoms with Crippen molar-refractivity contribution in [1.82, 2.24) is 10.6 Å². The SMILES string of the molecule is CN=C(NCCCCc1ccc([N+](=O)[O-])cc1)NC1CCN(c2cccs2)CC1. The van der Waals surface area contributed by atoms with E-state index in [2.05, 4.69) is 38.0 Å². The topological polar surface area (TPSA) is 82.8 Å². The van der Waals surface area contributed by atoms with Gasteiger partial charge in [0.25, 0.3) is 5.69 Å². The predicted octanol–water partition coefficient (Wildman–Crippen LogP) is 3.81. The number of hydrogen-bond donors (Lipinski definition) is 2. The molecule has 1 saturated heterocycles. The van der Waals surface area contributed by atoms with Crippen LogP contribution in [-0.2, 0) is 6.42 Å². The molecule has 0 saturated carbocycles. The van der Waals surface area contributed by atoms with Gasteiger partial charge in [-0.05, 0) is 55.2 Å². The van der Waals surface area contributed by atoms with Crippen LogP contribution in [0.2, 0.25) is 0 Å². The number of nitrogens with zero attached hydrogens (tertiary/aromatic N) is 3. The first-order valence-corrected chi connectivity index (χ1v) is 11.0. The van der Waals surface area contributed by atoms with Gasteiger partial charge in [-0.1, -0.05) is 12.1 Å². The standard InChI is InChI=1S/C21H29N5O2S/c1-22-21(24-18-11-14-25(15-12-18)20-6-4-16-29-20)23-13-3-2-5-17-7-9-19(10-8-17)26(27)28/h4,6-10,16,18H,2-3,5,11-15H2,1H3,(H2,22,23,24). The summed E-state index contributed by atoms with van der Waals surface area (Å²) in [5.41, 5.74) is 1.28. The zero-order valence-electron chi connectivity index (χ0n) is 16.8. The largest absolute Gasteiger partial charge is 0.363 e. The van der Waals surface area contributed by atoms with Crippen molar-refractivity contribution >= 4 is 28.0 Å². The van der Waals surface area contributed by atoms with Crippen LogP contribution in [0.25, 0.3) is 0 Å². The normalized spacial score (nSPS) is 15.3. The third-order valence-electron chi connectivity index (χ3n) is 5.21. The van der Waals surface area contributed by atoms with Crippen molar-refractivity contribution in [3.8, 4) is 0 Å². The third-order valence-corrected chi connectivity index (χ3v) is 6.14. The van der Waals surface area contributed by atoms with Gasteiger partial charge < -0.3 is 15.5 Å². The van der Waals surface area contributed by atoms with E-state index in [1.54, 1.807) is 23.5 Å². The molecule has 1 aromatic heterocycles. The van der Waals surface area contributed by atoms with Gasteiger partial charge in [0.05, 0.1) is 9.92 Å². The van der Waals surface area contributed by atoms with Crippen molar-refractivity contribution in [3.63, 3.8) is 0 Å². The summed E-state index contributed by atoms with van der Waals surface area (Å²) in [6.45, 7) is 3.01. The molecule has 0 spiro atoms. The van der Waals surface area contributed by atoms with Crippen molar-refractivity contribution in [1.29, 1.82) is 0 Å². The van der Waals surface area contributed by atoms with Crippen LogP contribution in [0.5, 0.6) is 0 Å². The lowest BCUT2D eigenvalue weighted by Gasteiger charge is -2.33. The highest BCUT2D eigenvalue weighted by Gasteiger charge is 2.20. The fourth-order valence-corrected chi connectivity index (χ4v) is 4.31. The molecule has 1 aliphatic heterocycles. The number of benzene rings is 1. The van der Waals surface area contributed by atoms with Crippen LogP contribution >= 0.6 is 11.3 Å². The predicted molar refractivity (Wildman–Crippen MR) is 120 cm³/mol. The minimum Gasteiger partial charge on any atom is -0.363 e. The molecule has 2 heterocycles. The Hall–Kier alpha value is -2.61. The molecule has 2 N–H and O–H groups in total. The Kier molecular flexibility index (Phi) is 7.86. The van der Waals surface area contributed by atoms with Gasteiger partial charge in [0.1, 0.15) is 0 Å². The molecule has 0 unspecified atom stereocenters. The first kappa shape index (κ1) is 21.1. The first-order chi connectivity index (χ1) is 14.2. The Morgan fingerprint density at radius 1 is 1.24 bits per heavy atom. The summed E-state index contributed by atoms with van der Waals surface area (Å²) in [4.78, 5) is 17.1. The lowest BCUT2D eigenvalue weighted by atomic mass is 10.1. The van der Waals surface area contributed by atoms with Crippen LogP contribution in [0.3, 0.4) is 0 Å². The molecule has 7 nitrogen and oxygen atoms in total. The van der Waals surface area contributed by atoms with Crippen molar-refractivity contribution in [2.75, 3.05) is 31.6 Å². The molecule has 0 bridgehead atoms. The summed E-state index contributed by atoms with van der Waals surface area (Å²) in [5, 5.41) is 21.1. The number of non-ortho nitro benzene ring substituents is 1. The van der Waals surface area contributed by atoms with Gasteiger partial charge in [0, 0.05) is 44.9 Å². The molecule has 3 rings (SSSR count). The van der Waals surface area contributed by atoms with Gasteiger partial charge in [-0.25, -0.2) is 0 Å². The fraction of sp³-hybridized carbons (Fsp3) is 0.476. The fourth-order valence-electron chi connectivity index (χ4n) is 3.53. The van der Waals surface area contributed by atoms with E-state index in [-0.39, 0.29) is 10.6 Å². The number of nitro groups is 1. The quantitative estimate of drug-likeness (QED) is 0.225. The van der Waals surface area contributed by atoms with Crippen LogP contribution in [0.1, 0.15) is 31.2 Å². The summed E-state index contributed by atoms with van der Waals surface area (Å²) in [6.07, 6.45) is 5.19. The van der Waals surface area contributed by atoms with E-state index in [1.165, 1.54) is 5.00 Å². The number of aliphatic imine (C=N–C) groups is 1. The number of hydrogen-bond acceptors (Lipinski definition) is 5.